The lowest BCUT2D eigenvalue weighted by Crippen LogP contribution is -2.36. The first-order valence-electron chi connectivity index (χ1n) is 6.53. The van der Waals surface area contributed by atoms with Gasteiger partial charge in [-0.05, 0) is 19.3 Å². The molecule has 0 radical (unpaired) electrons. The van der Waals surface area contributed by atoms with Crippen LogP contribution in [0.2, 0.25) is 0 Å². The number of halogens is 1. The average Bonchev–Trinajstić information content (AvgIpc) is 2.87. The molecule has 0 N–H and O–H groups in total. The minimum absolute atomic E-state index is 0.0243. The van der Waals surface area contributed by atoms with Gasteiger partial charge in [0.15, 0.2) is 0 Å². The van der Waals surface area contributed by atoms with Crippen molar-refractivity contribution in [1.29, 1.82) is 0 Å². The van der Waals surface area contributed by atoms with Crippen molar-refractivity contribution < 1.29 is 8.42 Å². The Hall–Kier alpha value is -0.590. The molecule has 0 aliphatic rings. The zero-order valence-corrected chi connectivity index (χ0v) is 13.3. The highest BCUT2D eigenvalue weighted by atomic mass is 35.5. The molecule has 0 spiro atoms. The lowest BCUT2D eigenvalue weighted by atomic mass is 10.2. The van der Waals surface area contributed by atoms with Crippen molar-refractivity contribution in [1.82, 2.24) is 14.1 Å². The standard InChI is InChI=1S/C12H22ClN3O2S/c1-4-11(5-2)15(3)19(17,18)12-9-14-16(10-12)8-6-7-13/h9-11H,4-8H2,1-3H3. The van der Waals surface area contributed by atoms with Crippen LogP contribution in [0.5, 0.6) is 0 Å². The van der Waals surface area contributed by atoms with Gasteiger partial charge in [-0.2, -0.15) is 9.40 Å². The maximum atomic E-state index is 12.4. The molecule has 0 aliphatic heterocycles. The quantitative estimate of drug-likeness (QED) is 0.693. The van der Waals surface area contributed by atoms with Crippen molar-refractivity contribution in [3.63, 3.8) is 0 Å². The Morgan fingerprint density at radius 3 is 2.58 bits per heavy atom. The van der Waals surface area contributed by atoms with Crippen LogP contribution < -0.4 is 0 Å². The van der Waals surface area contributed by atoms with Crippen molar-refractivity contribution >= 4 is 21.6 Å². The first kappa shape index (κ1) is 16.5. The van der Waals surface area contributed by atoms with E-state index in [9.17, 15) is 8.42 Å². The maximum Gasteiger partial charge on any atom is 0.246 e. The second-order valence-corrected chi connectivity index (χ2v) is 6.85. The van der Waals surface area contributed by atoms with Crippen LogP contribution in [0.1, 0.15) is 33.1 Å². The number of hydrogen-bond donors (Lipinski definition) is 0. The summed E-state index contributed by atoms with van der Waals surface area (Å²) >= 11 is 5.61. The highest BCUT2D eigenvalue weighted by Gasteiger charge is 2.27. The van der Waals surface area contributed by atoms with Crippen molar-refractivity contribution in [3.05, 3.63) is 12.4 Å². The Bertz CT molecular complexity index is 483. The molecule has 7 heteroatoms. The highest BCUT2D eigenvalue weighted by molar-refractivity contribution is 7.89. The summed E-state index contributed by atoms with van der Waals surface area (Å²) in [5.74, 6) is 0.537. The summed E-state index contributed by atoms with van der Waals surface area (Å²) in [5.41, 5.74) is 0. The summed E-state index contributed by atoms with van der Waals surface area (Å²) in [7, 11) is -1.82. The Balaban J connectivity index is 2.90. The number of hydrogen-bond acceptors (Lipinski definition) is 3. The second-order valence-electron chi connectivity index (χ2n) is 4.47. The maximum absolute atomic E-state index is 12.4. The summed E-state index contributed by atoms with van der Waals surface area (Å²) in [4.78, 5) is 0.247. The molecule has 1 heterocycles. The summed E-state index contributed by atoms with van der Waals surface area (Å²) in [5, 5.41) is 4.07. The van der Waals surface area contributed by atoms with E-state index in [0.29, 0.717) is 12.4 Å². The normalized spacial score (nSPS) is 12.5. The molecular formula is C12H22ClN3O2S. The van der Waals surface area contributed by atoms with Crippen LogP contribution >= 0.6 is 11.6 Å². The van der Waals surface area contributed by atoms with Gasteiger partial charge in [-0.15, -0.1) is 11.6 Å². The Labute approximate surface area is 120 Å². The van der Waals surface area contributed by atoms with E-state index in [4.69, 9.17) is 11.6 Å². The number of rotatable bonds is 8. The van der Waals surface area contributed by atoms with Gasteiger partial charge >= 0.3 is 0 Å². The lowest BCUT2D eigenvalue weighted by Gasteiger charge is -2.24. The molecule has 0 bridgehead atoms. The van der Waals surface area contributed by atoms with Gasteiger partial charge in [0.05, 0.1) is 6.20 Å². The van der Waals surface area contributed by atoms with Crippen LogP contribution in [0.3, 0.4) is 0 Å². The summed E-state index contributed by atoms with van der Waals surface area (Å²) in [6, 6.07) is 0.0243. The second kappa shape index (κ2) is 7.26. The largest absolute Gasteiger partial charge is 0.271 e. The molecule has 0 amide bonds. The summed E-state index contributed by atoms with van der Waals surface area (Å²) in [6.45, 7) is 4.61. The van der Waals surface area contributed by atoms with Crippen molar-refractivity contribution in [2.75, 3.05) is 12.9 Å². The van der Waals surface area contributed by atoms with Gasteiger partial charge in [0.2, 0.25) is 10.0 Å². The minimum atomic E-state index is -3.45. The monoisotopic (exact) mass is 307 g/mol. The topological polar surface area (TPSA) is 55.2 Å². The first-order valence-corrected chi connectivity index (χ1v) is 8.51. The fourth-order valence-electron chi connectivity index (χ4n) is 1.99. The molecule has 0 unspecified atom stereocenters. The molecule has 1 aromatic rings. The van der Waals surface area contributed by atoms with Crippen molar-refractivity contribution in [2.24, 2.45) is 0 Å². The third kappa shape index (κ3) is 3.94. The Morgan fingerprint density at radius 2 is 2.05 bits per heavy atom. The smallest absolute Gasteiger partial charge is 0.246 e. The van der Waals surface area contributed by atoms with E-state index in [1.807, 2.05) is 13.8 Å². The van der Waals surface area contributed by atoms with E-state index < -0.39 is 10.0 Å². The van der Waals surface area contributed by atoms with Crippen LogP contribution in [0.15, 0.2) is 17.3 Å². The molecule has 0 aromatic carbocycles. The minimum Gasteiger partial charge on any atom is -0.271 e. The van der Waals surface area contributed by atoms with E-state index in [0.717, 1.165) is 19.3 Å². The zero-order valence-electron chi connectivity index (χ0n) is 11.7. The molecule has 0 atom stereocenters. The van der Waals surface area contributed by atoms with Crippen LogP contribution in [-0.2, 0) is 16.6 Å². The third-order valence-corrected chi connectivity index (χ3v) is 5.39. The molecule has 110 valence electrons. The summed E-state index contributed by atoms with van der Waals surface area (Å²) in [6.07, 6.45) is 5.34. The van der Waals surface area contributed by atoms with E-state index in [1.165, 1.54) is 10.5 Å². The Morgan fingerprint density at radius 1 is 1.42 bits per heavy atom. The van der Waals surface area contributed by atoms with Gasteiger partial charge in [-0.25, -0.2) is 8.42 Å². The number of aryl methyl sites for hydroxylation is 1. The fraction of sp³-hybridized carbons (Fsp3) is 0.750. The number of alkyl halides is 1. The van der Waals surface area contributed by atoms with E-state index >= 15 is 0 Å². The van der Waals surface area contributed by atoms with Gasteiger partial charge in [0.25, 0.3) is 0 Å². The predicted molar refractivity (Wildman–Crippen MR) is 76.9 cm³/mol. The van der Waals surface area contributed by atoms with E-state index in [1.54, 1.807) is 17.9 Å². The third-order valence-electron chi connectivity index (χ3n) is 3.26. The molecule has 0 saturated heterocycles. The van der Waals surface area contributed by atoms with Gasteiger partial charge in [-0.1, -0.05) is 13.8 Å². The Kier molecular flexibility index (Phi) is 6.29. The molecule has 0 saturated carbocycles. The molecule has 5 nitrogen and oxygen atoms in total. The van der Waals surface area contributed by atoms with Gasteiger partial charge in [0, 0.05) is 31.7 Å². The summed E-state index contributed by atoms with van der Waals surface area (Å²) < 4.78 is 27.9. The molecular weight excluding hydrogens is 286 g/mol. The van der Waals surface area contributed by atoms with Crippen LogP contribution in [0, 0.1) is 0 Å². The highest BCUT2D eigenvalue weighted by Crippen LogP contribution is 2.19. The number of nitrogens with zero attached hydrogens (tertiary/aromatic N) is 3. The van der Waals surface area contributed by atoms with Gasteiger partial charge in [-0.3, -0.25) is 4.68 Å². The molecule has 0 fully saturated rings. The van der Waals surface area contributed by atoms with Crippen LogP contribution in [0.25, 0.3) is 0 Å². The van der Waals surface area contributed by atoms with Crippen LogP contribution in [0.4, 0.5) is 0 Å². The SMILES string of the molecule is CCC(CC)N(C)S(=O)(=O)c1cnn(CCCCl)c1. The van der Waals surface area contributed by atoms with E-state index in [2.05, 4.69) is 5.10 Å². The molecule has 19 heavy (non-hydrogen) atoms. The molecule has 0 aliphatic carbocycles. The fourth-order valence-corrected chi connectivity index (χ4v) is 3.57. The van der Waals surface area contributed by atoms with Crippen molar-refractivity contribution in [3.8, 4) is 0 Å². The van der Waals surface area contributed by atoms with Crippen molar-refractivity contribution in [2.45, 2.75) is 50.6 Å². The van der Waals surface area contributed by atoms with Gasteiger partial charge < -0.3 is 0 Å². The zero-order chi connectivity index (χ0) is 14.5. The van der Waals surface area contributed by atoms with E-state index in [-0.39, 0.29) is 10.9 Å². The van der Waals surface area contributed by atoms with Gasteiger partial charge in [0.1, 0.15) is 4.90 Å². The molecule has 1 rings (SSSR count). The average molecular weight is 308 g/mol. The number of aromatic nitrogens is 2. The lowest BCUT2D eigenvalue weighted by molar-refractivity contribution is 0.349. The first-order chi connectivity index (χ1) is 8.97. The molecule has 1 aromatic heterocycles. The number of sulfonamides is 1. The predicted octanol–water partition coefficient (Wildman–Crippen LogP) is 2.32. The van der Waals surface area contributed by atoms with Crippen LogP contribution in [-0.4, -0.2) is 41.5 Å².